The number of halogens is 1. The molecule has 0 saturated heterocycles. The molecule has 2 aromatic rings. The Morgan fingerprint density at radius 2 is 1.93 bits per heavy atom. The molecular weight excluding hydrogens is 398 g/mol. The Morgan fingerprint density at radius 1 is 1.24 bits per heavy atom. The Hall–Kier alpha value is -3.13. The summed E-state index contributed by atoms with van der Waals surface area (Å²) in [6.07, 6.45) is 1.93. The first-order valence-electron chi connectivity index (χ1n) is 9.04. The number of carbonyl (C=O) groups is 2. The quantitative estimate of drug-likeness (QED) is 0.399. The van der Waals surface area contributed by atoms with Crippen molar-refractivity contribution >= 4 is 34.9 Å². The van der Waals surface area contributed by atoms with Crippen molar-refractivity contribution in [3.63, 3.8) is 0 Å². The summed E-state index contributed by atoms with van der Waals surface area (Å²) in [6.45, 7) is -0.126. The molecule has 1 aliphatic rings. The van der Waals surface area contributed by atoms with E-state index < -0.39 is 23.4 Å². The molecule has 1 amide bonds. The Balaban J connectivity index is 1.57. The van der Waals surface area contributed by atoms with Gasteiger partial charge in [0.1, 0.15) is 5.69 Å². The van der Waals surface area contributed by atoms with Gasteiger partial charge < -0.3 is 15.0 Å². The van der Waals surface area contributed by atoms with Gasteiger partial charge in [0, 0.05) is 30.7 Å². The van der Waals surface area contributed by atoms with Crippen LogP contribution >= 0.6 is 11.6 Å². The number of likely N-dealkylation sites (N-methyl/N-ethyl adjacent to an activating group) is 1. The van der Waals surface area contributed by atoms with Gasteiger partial charge in [0.25, 0.3) is 11.6 Å². The van der Waals surface area contributed by atoms with E-state index in [0.717, 1.165) is 24.5 Å². The van der Waals surface area contributed by atoms with Crippen molar-refractivity contribution in [3.05, 3.63) is 68.7 Å². The maximum absolute atomic E-state index is 12.2. The first-order chi connectivity index (χ1) is 13.8. The van der Waals surface area contributed by atoms with Crippen LogP contribution in [-0.4, -0.2) is 41.4 Å². The molecule has 3 rings (SSSR count). The Kier molecular flexibility index (Phi) is 6.33. The molecule has 1 saturated carbocycles. The molecule has 0 heterocycles. The van der Waals surface area contributed by atoms with Crippen LogP contribution in [0.2, 0.25) is 5.02 Å². The van der Waals surface area contributed by atoms with Gasteiger partial charge in [-0.3, -0.25) is 14.9 Å². The average molecular weight is 418 g/mol. The van der Waals surface area contributed by atoms with E-state index in [9.17, 15) is 19.7 Å². The summed E-state index contributed by atoms with van der Waals surface area (Å²) >= 11 is 5.84. The van der Waals surface area contributed by atoms with Crippen LogP contribution in [0.5, 0.6) is 0 Å². The van der Waals surface area contributed by atoms with Crippen molar-refractivity contribution in [2.24, 2.45) is 0 Å². The van der Waals surface area contributed by atoms with Gasteiger partial charge in [0.15, 0.2) is 6.61 Å². The second-order valence-electron chi connectivity index (χ2n) is 6.86. The predicted molar refractivity (Wildman–Crippen MR) is 108 cm³/mol. The Labute approximate surface area is 172 Å². The highest BCUT2D eigenvalue weighted by molar-refractivity contribution is 6.30. The fourth-order valence-corrected chi connectivity index (χ4v) is 2.78. The summed E-state index contributed by atoms with van der Waals surface area (Å²) in [7, 11) is 1.59. The molecule has 1 fully saturated rings. The number of ether oxygens (including phenoxy) is 1. The normalized spacial score (nSPS) is 12.9. The fourth-order valence-electron chi connectivity index (χ4n) is 2.65. The van der Waals surface area contributed by atoms with Crippen molar-refractivity contribution in [1.82, 2.24) is 4.90 Å². The molecule has 0 atom stereocenters. The number of nitrogens with zero attached hydrogens (tertiary/aromatic N) is 2. The van der Waals surface area contributed by atoms with E-state index in [1.807, 2.05) is 0 Å². The molecular formula is C20H20ClN3O5. The number of amides is 1. The van der Waals surface area contributed by atoms with E-state index in [-0.39, 0.29) is 17.3 Å². The summed E-state index contributed by atoms with van der Waals surface area (Å²) in [6, 6.07) is 11.4. The number of nitrogens with one attached hydrogen (secondary N) is 1. The molecule has 0 radical (unpaired) electrons. The third kappa shape index (κ3) is 5.68. The maximum Gasteiger partial charge on any atom is 0.338 e. The second-order valence-corrected chi connectivity index (χ2v) is 7.30. The fraction of sp³-hybridized carbons (Fsp3) is 0.300. The standard InChI is InChI=1S/C20H20ClN3O5/c1-23(11-13-2-5-15(21)6-3-13)19(25)12-29-20(26)14-4-9-17(22-16-7-8-16)18(10-14)24(27)28/h2-6,9-10,16,22H,7-8,11-12H2,1H3. The number of anilines is 1. The minimum atomic E-state index is -0.792. The van der Waals surface area contributed by atoms with Crippen molar-refractivity contribution in [1.29, 1.82) is 0 Å². The average Bonchev–Trinajstić information content (AvgIpc) is 3.51. The van der Waals surface area contributed by atoms with E-state index in [1.165, 1.54) is 17.0 Å². The van der Waals surface area contributed by atoms with Crippen LogP contribution in [0, 0.1) is 10.1 Å². The lowest BCUT2D eigenvalue weighted by atomic mass is 10.1. The van der Waals surface area contributed by atoms with Crippen LogP contribution in [0.1, 0.15) is 28.8 Å². The third-order valence-corrected chi connectivity index (χ3v) is 4.70. The van der Waals surface area contributed by atoms with Gasteiger partial charge in [-0.05, 0) is 42.7 Å². The molecule has 1 aliphatic carbocycles. The van der Waals surface area contributed by atoms with Gasteiger partial charge in [-0.25, -0.2) is 4.79 Å². The zero-order valence-electron chi connectivity index (χ0n) is 15.8. The van der Waals surface area contributed by atoms with Crippen molar-refractivity contribution in [2.45, 2.75) is 25.4 Å². The van der Waals surface area contributed by atoms with Crippen LogP contribution < -0.4 is 5.32 Å². The van der Waals surface area contributed by atoms with Gasteiger partial charge >= 0.3 is 5.97 Å². The Morgan fingerprint density at radius 3 is 2.55 bits per heavy atom. The van der Waals surface area contributed by atoms with Crippen molar-refractivity contribution in [2.75, 3.05) is 19.0 Å². The SMILES string of the molecule is CN(Cc1ccc(Cl)cc1)C(=O)COC(=O)c1ccc(NC2CC2)c([N+](=O)[O-])c1. The number of rotatable bonds is 8. The summed E-state index contributed by atoms with van der Waals surface area (Å²) < 4.78 is 5.04. The molecule has 29 heavy (non-hydrogen) atoms. The smallest absolute Gasteiger partial charge is 0.338 e. The number of esters is 1. The molecule has 9 heteroatoms. The molecule has 8 nitrogen and oxygen atoms in total. The molecule has 152 valence electrons. The highest BCUT2D eigenvalue weighted by Crippen LogP contribution is 2.31. The Bertz CT molecular complexity index is 928. The lowest BCUT2D eigenvalue weighted by Gasteiger charge is -2.17. The van der Waals surface area contributed by atoms with E-state index in [2.05, 4.69) is 5.32 Å². The number of carbonyl (C=O) groups excluding carboxylic acids is 2. The number of nitro groups is 1. The van der Waals surface area contributed by atoms with Gasteiger partial charge in [-0.15, -0.1) is 0 Å². The van der Waals surface area contributed by atoms with Crippen LogP contribution in [0.15, 0.2) is 42.5 Å². The lowest BCUT2D eigenvalue weighted by Crippen LogP contribution is -2.30. The van der Waals surface area contributed by atoms with Gasteiger partial charge in [-0.1, -0.05) is 23.7 Å². The van der Waals surface area contributed by atoms with Crippen molar-refractivity contribution in [3.8, 4) is 0 Å². The maximum atomic E-state index is 12.2. The summed E-state index contributed by atoms with van der Waals surface area (Å²) in [5.41, 5.74) is 1.07. The monoisotopic (exact) mass is 417 g/mol. The lowest BCUT2D eigenvalue weighted by molar-refractivity contribution is -0.384. The molecule has 0 aromatic heterocycles. The van der Waals surface area contributed by atoms with Crippen LogP contribution in [0.4, 0.5) is 11.4 Å². The highest BCUT2D eigenvalue weighted by atomic mass is 35.5. The first kappa shape index (κ1) is 20.6. The summed E-state index contributed by atoms with van der Waals surface area (Å²) in [5.74, 6) is -1.19. The number of hydrogen-bond donors (Lipinski definition) is 1. The molecule has 1 N–H and O–H groups in total. The van der Waals surface area contributed by atoms with Gasteiger partial charge in [0.05, 0.1) is 10.5 Å². The van der Waals surface area contributed by atoms with Crippen molar-refractivity contribution < 1.29 is 19.2 Å². The number of hydrogen-bond acceptors (Lipinski definition) is 6. The topological polar surface area (TPSA) is 102 Å². The van der Waals surface area contributed by atoms with E-state index in [1.54, 1.807) is 31.3 Å². The zero-order chi connectivity index (χ0) is 21.0. The van der Waals surface area contributed by atoms with Crippen LogP contribution in [-0.2, 0) is 16.1 Å². The first-order valence-corrected chi connectivity index (χ1v) is 9.42. The van der Waals surface area contributed by atoms with Gasteiger partial charge in [-0.2, -0.15) is 0 Å². The molecule has 0 spiro atoms. The van der Waals surface area contributed by atoms with Gasteiger partial charge in [0.2, 0.25) is 0 Å². The third-order valence-electron chi connectivity index (χ3n) is 4.45. The van der Waals surface area contributed by atoms with Crippen LogP contribution in [0.25, 0.3) is 0 Å². The molecule has 2 aromatic carbocycles. The molecule has 0 bridgehead atoms. The van der Waals surface area contributed by atoms with Crippen LogP contribution in [0.3, 0.4) is 0 Å². The highest BCUT2D eigenvalue weighted by Gasteiger charge is 2.26. The summed E-state index contributed by atoms with van der Waals surface area (Å²) in [5, 5.41) is 15.0. The minimum absolute atomic E-state index is 0.0196. The van der Waals surface area contributed by atoms with E-state index >= 15 is 0 Å². The minimum Gasteiger partial charge on any atom is -0.452 e. The second kappa shape index (κ2) is 8.91. The van der Waals surface area contributed by atoms with E-state index in [4.69, 9.17) is 16.3 Å². The molecule has 0 unspecified atom stereocenters. The predicted octanol–water partition coefficient (Wildman–Crippen LogP) is 3.64. The molecule has 0 aliphatic heterocycles. The number of benzene rings is 2. The number of nitro benzene ring substituents is 1. The summed E-state index contributed by atoms with van der Waals surface area (Å²) in [4.78, 5) is 36.6. The largest absolute Gasteiger partial charge is 0.452 e. The zero-order valence-corrected chi connectivity index (χ0v) is 16.5. The van der Waals surface area contributed by atoms with E-state index in [0.29, 0.717) is 17.3 Å².